The Morgan fingerprint density at radius 2 is 1.84 bits per heavy atom. The topological polar surface area (TPSA) is 70.8 Å². The lowest BCUT2D eigenvalue weighted by Gasteiger charge is -2.33. The highest BCUT2D eigenvalue weighted by Gasteiger charge is 2.38. The van der Waals surface area contributed by atoms with Gasteiger partial charge < -0.3 is 9.80 Å². The van der Waals surface area contributed by atoms with Crippen molar-refractivity contribution < 1.29 is 14.5 Å². The van der Waals surface area contributed by atoms with Gasteiger partial charge in [0.1, 0.15) is 0 Å². The molecular formula is C17H17BrN5O2+. The van der Waals surface area contributed by atoms with Crippen LogP contribution in [0.5, 0.6) is 0 Å². The Labute approximate surface area is 153 Å². The quantitative estimate of drug-likeness (QED) is 0.738. The lowest BCUT2D eigenvalue weighted by molar-refractivity contribution is -0.899. The Kier molecular flexibility index (Phi) is 4.22. The second-order valence-corrected chi connectivity index (χ2v) is 7.08. The lowest BCUT2D eigenvalue weighted by Crippen LogP contribution is -3.16. The molecule has 0 spiro atoms. The highest BCUT2D eigenvalue weighted by Crippen LogP contribution is 2.30. The number of Topliss-reactive ketones (excluding diaryl/α,β-unsaturated/α-hetero) is 1. The number of fused-ring (bicyclic) bond motifs is 1. The molecule has 0 atom stereocenters. The summed E-state index contributed by atoms with van der Waals surface area (Å²) in [5.41, 5.74) is 1.19. The van der Waals surface area contributed by atoms with Crippen molar-refractivity contribution in [2.24, 2.45) is 0 Å². The second kappa shape index (κ2) is 6.53. The maximum atomic E-state index is 12.4. The van der Waals surface area contributed by atoms with Gasteiger partial charge in [-0.15, -0.1) is 0 Å². The van der Waals surface area contributed by atoms with Crippen LogP contribution in [-0.4, -0.2) is 54.5 Å². The van der Waals surface area contributed by atoms with E-state index in [-0.39, 0.29) is 0 Å². The van der Waals surface area contributed by atoms with Crippen LogP contribution in [0.3, 0.4) is 0 Å². The summed E-state index contributed by atoms with van der Waals surface area (Å²) in [5.74, 6) is -0.120. The van der Waals surface area contributed by atoms with E-state index >= 15 is 0 Å². The predicted octanol–water partition coefficient (Wildman–Crippen LogP) is 0.131. The van der Waals surface area contributed by atoms with Crippen molar-refractivity contribution in [2.45, 2.75) is 0 Å². The molecule has 0 radical (unpaired) electrons. The first-order chi connectivity index (χ1) is 12.1. The molecule has 2 aliphatic heterocycles. The first-order valence-corrected chi connectivity index (χ1v) is 8.94. The Bertz CT molecular complexity index is 821. The zero-order chi connectivity index (χ0) is 17.4. The molecule has 1 N–H and O–H groups in total. The van der Waals surface area contributed by atoms with Gasteiger partial charge in [-0.05, 0) is 24.3 Å². The number of amides is 1. The number of ketones is 1. The van der Waals surface area contributed by atoms with Gasteiger partial charge in [0.15, 0.2) is 6.67 Å². The van der Waals surface area contributed by atoms with Gasteiger partial charge in [0.2, 0.25) is 5.95 Å². The van der Waals surface area contributed by atoms with Gasteiger partial charge in [-0.25, -0.2) is 9.97 Å². The van der Waals surface area contributed by atoms with Crippen LogP contribution in [-0.2, 0) is 4.79 Å². The third kappa shape index (κ3) is 3.03. The van der Waals surface area contributed by atoms with E-state index in [0.29, 0.717) is 17.9 Å². The molecule has 4 rings (SSSR count). The first kappa shape index (κ1) is 16.2. The van der Waals surface area contributed by atoms with E-state index < -0.39 is 11.7 Å². The Hall–Kier alpha value is -2.32. The number of nitrogens with one attached hydrogen (secondary N) is 1. The van der Waals surface area contributed by atoms with E-state index in [9.17, 15) is 9.59 Å². The monoisotopic (exact) mass is 402 g/mol. The van der Waals surface area contributed by atoms with Crippen molar-refractivity contribution in [3.05, 3.63) is 46.7 Å². The summed E-state index contributed by atoms with van der Waals surface area (Å²) in [4.78, 5) is 38.1. The molecule has 1 fully saturated rings. The van der Waals surface area contributed by atoms with E-state index in [2.05, 4.69) is 30.8 Å². The third-order valence-corrected chi connectivity index (χ3v) is 5.11. The molecule has 7 nitrogen and oxygen atoms in total. The number of nitrogens with zero attached hydrogens (tertiary/aromatic N) is 4. The summed E-state index contributed by atoms with van der Waals surface area (Å²) >= 11 is 3.35. The average molecular weight is 403 g/mol. The number of aromatic nitrogens is 2. The molecular weight excluding hydrogens is 386 g/mol. The van der Waals surface area contributed by atoms with Crippen LogP contribution < -0.4 is 14.7 Å². The minimum absolute atomic E-state index is 0.424. The molecule has 128 valence electrons. The normalized spacial score (nSPS) is 18.0. The summed E-state index contributed by atoms with van der Waals surface area (Å²) < 4.78 is 0.804. The number of hydrogen-bond acceptors (Lipinski definition) is 5. The van der Waals surface area contributed by atoms with Crippen LogP contribution >= 0.6 is 15.9 Å². The van der Waals surface area contributed by atoms with E-state index in [0.717, 1.165) is 36.6 Å². The Morgan fingerprint density at radius 1 is 1.12 bits per heavy atom. The second-order valence-electron chi connectivity index (χ2n) is 6.17. The largest absolute Gasteiger partial charge is 0.330 e. The van der Waals surface area contributed by atoms with E-state index in [1.165, 1.54) is 4.90 Å². The van der Waals surface area contributed by atoms with E-state index in [1.54, 1.807) is 29.4 Å². The van der Waals surface area contributed by atoms with Crippen LogP contribution in [0.4, 0.5) is 11.6 Å². The Balaban J connectivity index is 1.44. The van der Waals surface area contributed by atoms with Crippen LogP contribution in [0, 0.1) is 0 Å². The highest BCUT2D eigenvalue weighted by atomic mass is 79.9. The summed E-state index contributed by atoms with van der Waals surface area (Å²) in [6.45, 7) is 3.87. The number of quaternary nitrogens is 1. The van der Waals surface area contributed by atoms with E-state index in [4.69, 9.17) is 0 Å². The maximum absolute atomic E-state index is 12.4. The van der Waals surface area contributed by atoms with Crippen LogP contribution in [0.25, 0.3) is 0 Å². The number of carbonyl (C=O) groups excluding carboxylic acids is 2. The molecule has 8 heteroatoms. The van der Waals surface area contributed by atoms with Gasteiger partial charge in [0.05, 0.1) is 37.4 Å². The van der Waals surface area contributed by atoms with Gasteiger partial charge in [-0.3, -0.25) is 14.5 Å². The number of piperazine rings is 1. The van der Waals surface area contributed by atoms with Crippen molar-refractivity contribution in [2.75, 3.05) is 42.6 Å². The maximum Gasteiger partial charge on any atom is 0.303 e. The molecule has 1 amide bonds. The molecule has 25 heavy (non-hydrogen) atoms. The van der Waals surface area contributed by atoms with Crippen molar-refractivity contribution in [1.29, 1.82) is 0 Å². The van der Waals surface area contributed by atoms with Crippen LogP contribution in [0.1, 0.15) is 10.4 Å². The zero-order valence-electron chi connectivity index (χ0n) is 13.5. The van der Waals surface area contributed by atoms with Gasteiger partial charge in [-0.2, -0.15) is 0 Å². The molecule has 0 bridgehead atoms. The molecule has 3 heterocycles. The number of halogens is 1. The highest BCUT2D eigenvalue weighted by molar-refractivity contribution is 9.10. The summed E-state index contributed by atoms with van der Waals surface area (Å²) in [6, 6.07) is 7.21. The fourth-order valence-electron chi connectivity index (χ4n) is 3.29. The predicted molar refractivity (Wildman–Crippen MR) is 95.8 cm³/mol. The third-order valence-electron chi connectivity index (χ3n) is 4.62. The number of carbonyl (C=O) groups is 2. The Morgan fingerprint density at radius 3 is 2.56 bits per heavy atom. The van der Waals surface area contributed by atoms with Crippen molar-refractivity contribution in [1.82, 2.24) is 9.97 Å². The lowest BCUT2D eigenvalue weighted by atomic mass is 10.1. The van der Waals surface area contributed by atoms with E-state index in [1.807, 2.05) is 12.1 Å². The minimum atomic E-state index is -0.436. The molecule has 1 aromatic heterocycles. The van der Waals surface area contributed by atoms with Crippen molar-refractivity contribution in [3.63, 3.8) is 0 Å². The fraction of sp³-hybridized carbons (Fsp3) is 0.294. The molecule has 1 aromatic carbocycles. The smallest absolute Gasteiger partial charge is 0.303 e. The van der Waals surface area contributed by atoms with Gasteiger partial charge in [0, 0.05) is 16.9 Å². The number of hydrogen-bond donors (Lipinski definition) is 1. The van der Waals surface area contributed by atoms with Gasteiger partial charge in [0.25, 0.3) is 5.78 Å². The number of rotatable bonds is 3. The standard InChI is InChI=1S/C17H16BrN5O2/c18-12-2-3-14-13(10-12)15(24)16(25)23(14)11-21-6-8-22(9-7-21)17-19-4-1-5-20-17/h1-5,10H,6-9,11H2/p+1. The van der Waals surface area contributed by atoms with Crippen molar-refractivity contribution in [3.8, 4) is 0 Å². The average Bonchev–Trinajstić information content (AvgIpc) is 2.88. The number of benzene rings is 1. The zero-order valence-corrected chi connectivity index (χ0v) is 15.1. The fourth-order valence-corrected chi connectivity index (χ4v) is 3.65. The van der Waals surface area contributed by atoms with Crippen LogP contribution in [0.2, 0.25) is 0 Å². The summed E-state index contributed by atoms with van der Waals surface area (Å²) in [6.07, 6.45) is 3.48. The van der Waals surface area contributed by atoms with Gasteiger partial charge in [-0.1, -0.05) is 15.9 Å². The molecule has 0 aliphatic carbocycles. The molecule has 0 saturated carbocycles. The SMILES string of the molecule is O=C1C(=O)N(C[NH+]2CCN(c3ncccn3)CC2)c2ccc(Br)cc21. The van der Waals surface area contributed by atoms with Crippen molar-refractivity contribution >= 4 is 39.3 Å². The molecule has 2 aliphatic rings. The van der Waals surface area contributed by atoms with Crippen LogP contribution in [0.15, 0.2) is 41.1 Å². The number of anilines is 2. The molecule has 0 unspecified atom stereocenters. The summed E-state index contributed by atoms with van der Waals surface area (Å²) in [7, 11) is 0. The minimum Gasteiger partial charge on any atom is -0.330 e. The molecule has 1 saturated heterocycles. The molecule has 2 aromatic rings. The van der Waals surface area contributed by atoms with Gasteiger partial charge >= 0.3 is 5.91 Å². The first-order valence-electron chi connectivity index (χ1n) is 8.15. The summed E-state index contributed by atoms with van der Waals surface area (Å²) in [5, 5.41) is 0.